The minimum absolute atomic E-state index is 0.0444. The van der Waals surface area contributed by atoms with E-state index in [-0.39, 0.29) is 12.4 Å². The van der Waals surface area contributed by atoms with Crippen LogP contribution in [-0.4, -0.2) is 24.3 Å². The van der Waals surface area contributed by atoms with Gasteiger partial charge in [0.1, 0.15) is 5.60 Å². The first-order valence-corrected chi connectivity index (χ1v) is 4.36. The summed E-state index contributed by atoms with van der Waals surface area (Å²) in [7, 11) is 0. The highest BCUT2D eigenvalue weighted by Crippen LogP contribution is 2.28. The Labute approximate surface area is 80.1 Å². The molecule has 0 aliphatic carbocycles. The van der Waals surface area contributed by atoms with Crippen LogP contribution in [0, 0.1) is 0 Å². The lowest BCUT2D eigenvalue weighted by molar-refractivity contribution is -0.137. The van der Waals surface area contributed by atoms with Crippen molar-refractivity contribution in [3.63, 3.8) is 0 Å². The van der Waals surface area contributed by atoms with Crippen molar-refractivity contribution in [2.24, 2.45) is 10.7 Å². The second-order valence-corrected chi connectivity index (χ2v) is 3.68. The van der Waals surface area contributed by atoms with Crippen LogP contribution >= 0.6 is 0 Å². The molecule has 1 atom stereocenters. The monoisotopic (exact) mass is 210 g/mol. The standard InChI is InChI=1S/C8H13F3N2O/c1-7(5-13-6(12)14-7)3-2-4-8(9,10)11/h2-5H2,1H3,(H2,12,13). The fourth-order valence-corrected chi connectivity index (χ4v) is 1.36. The summed E-state index contributed by atoms with van der Waals surface area (Å²) in [6.07, 6.45) is -4.52. The number of nitrogens with zero attached hydrogens (tertiary/aromatic N) is 1. The summed E-state index contributed by atoms with van der Waals surface area (Å²) in [5.74, 6) is 0. The average molecular weight is 210 g/mol. The number of halogens is 3. The predicted octanol–water partition coefficient (Wildman–Crippen LogP) is 1.82. The molecular formula is C8H13F3N2O. The summed E-state index contributed by atoms with van der Waals surface area (Å²) in [5.41, 5.74) is 4.63. The molecule has 0 aromatic rings. The molecule has 1 unspecified atom stereocenters. The SMILES string of the molecule is CC1(CCCC(F)(F)F)CN=C(N)O1. The van der Waals surface area contributed by atoms with Gasteiger partial charge in [-0.1, -0.05) is 0 Å². The van der Waals surface area contributed by atoms with Gasteiger partial charge in [-0.25, -0.2) is 4.99 Å². The Bertz CT molecular complexity index is 239. The molecule has 0 bridgehead atoms. The Morgan fingerprint density at radius 1 is 1.57 bits per heavy atom. The largest absolute Gasteiger partial charge is 0.457 e. The molecule has 82 valence electrons. The summed E-state index contributed by atoms with van der Waals surface area (Å²) in [6.45, 7) is 2.06. The minimum atomic E-state index is -4.10. The van der Waals surface area contributed by atoms with Crippen LogP contribution in [0.15, 0.2) is 4.99 Å². The molecule has 0 saturated carbocycles. The first-order chi connectivity index (χ1) is 6.31. The van der Waals surface area contributed by atoms with Crippen LogP contribution in [0.1, 0.15) is 26.2 Å². The Balaban J connectivity index is 2.26. The molecule has 14 heavy (non-hydrogen) atoms. The van der Waals surface area contributed by atoms with Crippen molar-refractivity contribution < 1.29 is 17.9 Å². The van der Waals surface area contributed by atoms with Crippen molar-refractivity contribution in [2.45, 2.75) is 38.0 Å². The van der Waals surface area contributed by atoms with Crippen molar-refractivity contribution in [1.82, 2.24) is 0 Å². The summed E-state index contributed by atoms with van der Waals surface area (Å²) in [6, 6.07) is 0.0690. The lowest BCUT2D eigenvalue weighted by atomic mass is 9.99. The highest BCUT2D eigenvalue weighted by atomic mass is 19.4. The van der Waals surface area contributed by atoms with E-state index in [4.69, 9.17) is 10.5 Å². The van der Waals surface area contributed by atoms with Crippen molar-refractivity contribution in [1.29, 1.82) is 0 Å². The predicted molar refractivity (Wildman–Crippen MR) is 45.9 cm³/mol. The van der Waals surface area contributed by atoms with Gasteiger partial charge < -0.3 is 10.5 Å². The quantitative estimate of drug-likeness (QED) is 0.772. The smallest absolute Gasteiger partial charge is 0.389 e. The second-order valence-electron chi connectivity index (χ2n) is 3.68. The summed E-state index contributed by atoms with van der Waals surface area (Å²) in [5, 5.41) is 0. The summed E-state index contributed by atoms with van der Waals surface area (Å²) < 4.78 is 40.6. The zero-order valence-corrected chi connectivity index (χ0v) is 7.90. The van der Waals surface area contributed by atoms with Crippen molar-refractivity contribution >= 4 is 6.02 Å². The molecule has 0 spiro atoms. The van der Waals surface area contributed by atoms with Gasteiger partial charge >= 0.3 is 6.18 Å². The first-order valence-electron chi connectivity index (χ1n) is 4.36. The van der Waals surface area contributed by atoms with Crippen molar-refractivity contribution in [3.8, 4) is 0 Å². The van der Waals surface area contributed by atoms with Crippen LogP contribution in [0.5, 0.6) is 0 Å². The molecule has 0 saturated heterocycles. The van der Waals surface area contributed by atoms with E-state index in [9.17, 15) is 13.2 Å². The van der Waals surface area contributed by atoms with Crippen molar-refractivity contribution in [3.05, 3.63) is 0 Å². The van der Waals surface area contributed by atoms with Gasteiger partial charge in [-0.2, -0.15) is 13.2 Å². The summed E-state index contributed by atoms with van der Waals surface area (Å²) >= 11 is 0. The van der Waals surface area contributed by atoms with E-state index in [1.165, 1.54) is 0 Å². The number of ether oxygens (including phenoxy) is 1. The van der Waals surface area contributed by atoms with E-state index in [0.717, 1.165) is 0 Å². The summed E-state index contributed by atoms with van der Waals surface area (Å²) in [4.78, 5) is 3.80. The highest BCUT2D eigenvalue weighted by molar-refractivity contribution is 5.73. The van der Waals surface area contributed by atoms with Gasteiger partial charge in [-0.05, 0) is 19.8 Å². The van der Waals surface area contributed by atoms with Gasteiger partial charge in [-0.3, -0.25) is 0 Å². The van der Waals surface area contributed by atoms with Crippen LogP contribution in [-0.2, 0) is 4.74 Å². The lowest BCUT2D eigenvalue weighted by Gasteiger charge is -2.22. The van der Waals surface area contributed by atoms with Gasteiger partial charge in [0.2, 0.25) is 0 Å². The lowest BCUT2D eigenvalue weighted by Crippen LogP contribution is -2.31. The number of hydrogen-bond acceptors (Lipinski definition) is 3. The number of aliphatic imine (C=N–C) groups is 1. The van der Waals surface area contributed by atoms with Crippen LogP contribution in [0.25, 0.3) is 0 Å². The molecule has 6 heteroatoms. The first kappa shape index (κ1) is 11.1. The number of hydrogen-bond donors (Lipinski definition) is 1. The zero-order chi connectivity index (χ0) is 10.8. The van der Waals surface area contributed by atoms with E-state index in [2.05, 4.69) is 4.99 Å². The molecule has 0 aromatic heterocycles. The molecule has 3 nitrogen and oxygen atoms in total. The van der Waals surface area contributed by atoms with Gasteiger partial charge in [0, 0.05) is 6.42 Å². The number of rotatable bonds is 3. The highest BCUT2D eigenvalue weighted by Gasteiger charge is 2.34. The molecule has 0 amide bonds. The van der Waals surface area contributed by atoms with Gasteiger partial charge in [0.05, 0.1) is 6.54 Å². The normalized spacial score (nSPS) is 27.3. The van der Waals surface area contributed by atoms with Crippen LogP contribution in [0.2, 0.25) is 0 Å². The third-order valence-corrected chi connectivity index (χ3v) is 2.09. The van der Waals surface area contributed by atoms with Crippen molar-refractivity contribution in [2.75, 3.05) is 6.54 Å². The molecule has 0 radical (unpaired) electrons. The topological polar surface area (TPSA) is 47.6 Å². The molecular weight excluding hydrogens is 197 g/mol. The fraction of sp³-hybridized carbons (Fsp3) is 0.875. The second kappa shape index (κ2) is 3.67. The van der Waals surface area contributed by atoms with Crippen LogP contribution in [0.3, 0.4) is 0 Å². The van der Waals surface area contributed by atoms with E-state index in [1.807, 2.05) is 0 Å². The van der Waals surface area contributed by atoms with Crippen LogP contribution in [0.4, 0.5) is 13.2 Å². The maximum absolute atomic E-state index is 11.8. The molecule has 1 rings (SSSR count). The van der Waals surface area contributed by atoms with E-state index in [1.54, 1.807) is 6.92 Å². The number of nitrogens with two attached hydrogens (primary N) is 1. The molecule has 0 aromatic carbocycles. The molecule has 2 N–H and O–H groups in total. The zero-order valence-electron chi connectivity index (χ0n) is 7.90. The Morgan fingerprint density at radius 3 is 2.64 bits per heavy atom. The Hall–Kier alpha value is -0.940. The average Bonchev–Trinajstić information content (AvgIpc) is 2.28. The van der Waals surface area contributed by atoms with Gasteiger partial charge in [0.15, 0.2) is 0 Å². The minimum Gasteiger partial charge on any atom is -0.457 e. The maximum Gasteiger partial charge on any atom is 0.389 e. The number of alkyl halides is 3. The van der Waals surface area contributed by atoms with E-state index >= 15 is 0 Å². The van der Waals surface area contributed by atoms with E-state index in [0.29, 0.717) is 13.0 Å². The van der Waals surface area contributed by atoms with Gasteiger partial charge in [-0.15, -0.1) is 0 Å². The molecule has 1 aliphatic heterocycles. The number of amidine groups is 1. The third-order valence-electron chi connectivity index (χ3n) is 2.09. The van der Waals surface area contributed by atoms with Crippen LogP contribution < -0.4 is 5.73 Å². The third kappa shape index (κ3) is 3.43. The Kier molecular flexibility index (Phi) is 2.92. The Morgan fingerprint density at radius 2 is 2.21 bits per heavy atom. The van der Waals surface area contributed by atoms with Gasteiger partial charge in [0.25, 0.3) is 6.02 Å². The molecule has 1 heterocycles. The molecule has 0 fully saturated rings. The van der Waals surface area contributed by atoms with E-state index < -0.39 is 18.2 Å². The molecule has 1 aliphatic rings. The fourth-order valence-electron chi connectivity index (χ4n) is 1.36. The maximum atomic E-state index is 11.8.